The van der Waals surface area contributed by atoms with Crippen molar-refractivity contribution in [3.8, 4) is 0 Å². The molecule has 23 heavy (non-hydrogen) atoms. The van der Waals surface area contributed by atoms with Gasteiger partial charge < -0.3 is 4.74 Å². The van der Waals surface area contributed by atoms with Crippen LogP contribution in [0.25, 0.3) is 0 Å². The lowest BCUT2D eigenvalue weighted by Gasteiger charge is -2.30. The lowest BCUT2D eigenvalue weighted by atomic mass is 10.0. The number of aliphatic imine (C=N–C) groups is 1. The molecule has 2 aromatic carbocycles. The van der Waals surface area contributed by atoms with Gasteiger partial charge in [0, 0.05) is 5.69 Å². The molecule has 1 atom stereocenters. The van der Waals surface area contributed by atoms with Crippen molar-refractivity contribution in [1.29, 1.82) is 0 Å². The van der Waals surface area contributed by atoms with Crippen molar-refractivity contribution >= 4 is 17.4 Å². The molecule has 0 bridgehead atoms. The van der Waals surface area contributed by atoms with Gasteiger partial charge in [-0.3, -0.25) is 4.90 Å². The van der Waals surface area contributed by atoms with Crippen LogP contribution in [0.5, 0.6) is 0 Å². The first-order chi connectivity index (χ1) is 11.0. The largest absolute Gasteiger partial charge is 0.462 e. The van der Waals surface area contributed by atoms with Crippen molar-refractivity contribution in [2.75, 3.05) is 11.5 Å². The van der Waals surface area contributed by atoms with Crippen LogP contribution in [-0.4, -0.2) is 18.2 Å². The average molecular weight is 306 g/mol. The van der Waals surface area contributed by atoms with Crippen LogP contribution in [0.15, 0.2) is 66.2 Å². The van der Waals surface area contributed by atoms with Crippen molar-refractivity contribution in [3.05, 3.63) is 72.3 Å². The molecular weight excluding hydrogens is 284 g/mol. The molecule has 3 nitrogen and oxygen atoms in total. The van der Waals surface area contributed by atoms with E-state index < -0.39 is 0 Å². The fourth-order valence-electron chi connectivity index (χ4n) is 2.62. The van der Waals surface area contributed by atoms with Crippen molar-refractivity contribution in [2.45, 2.75) is 26.3 Å². The molecule has 1 heterocycles. The first-order valence-corrected chi connectivity index (χ1v) is 7.80. The molecule has 0 N–H and O–H groups in total. The van der Waals surface area contributed by atoms with E-state index in [0.29, 0.717) is 12.6 Å². The van der Waals surface area contributed by atoms with Crippen LogP contribution in [0.4, 0.5) is 11.4 Å². The molecule has 0 saturated carbocycles. The van der Waals surface area contributed by atoms with Gasteiger partial charge in [0.2, 0.25) is 0 Å². The zero-order valence-corrected chi connectivity index (χ0v) is 13.9. The second kappa shape index (κ2) is 5.92. The van der Waals surface area contributed by atoms with Crippen LogP contribution < -0.4 is 4.90 Å². The van der Waals surface area contributed by atoms with Gasteiger partial charge in [-0.05, 0) is 45.0 Å². The Kier molecular flexibility index (Phi) is 3.95. The first-order valence-electron chi connectivity index (χ1n) is 7.80. The highest BCUT2D eigenvalue weighted by atomic mass is 16.5. The Hall–Kier alpha value is -2.55. The summed E-state index contributed by atoms with van der Waals surface area (Å²) in [5, 5.41) is 0. The number of ether oxygens (including phenoxy) is 1. The number of benzene rings is 2. The van der Waals surface area contributed by atoms with Crippen LogP contribution in [0.2, 0.25) is 0 Å². The molecule has 0 aromatic heterocycles. The summed E-state index contributed by atoms with van der Waals surface area (Å²) in [6.45, 7) is 10.8. The van der Waals surface area contributed by atoms with Gasteiger partial charge in [-0.25, -0.2) is 0 Å². The standard InChI is InChI=1S/C20H22N2O/c1-5-20(4)14-23-19(21-17-10-6-15(2)7-11-17)22(20)18-12-8-16(3)9-13-18/h5-13H,1,14H2,2-4H3. The summed E-state index contributed by atoms with van der Waals surface area (Å²) in [4.78, 5) is 6.81. The highest BCUT2D eigenvalue weighted by molar-refractivity contribution is 5.97. The minimum atomic E-state index is -0.307. The molecule has 1 aliphatic heterocycles. The molecular formula is C20H22N2O. The third-order valence-electron chi connectivity index (χ3n) is 4.19. The Labute approximate surface area is 137 Å². The Morgan fingerprint density at radius 3 is 2.17 bits per heavy atom. The lowest BCUT2D eigenvalue weighted by molar-refractivity contribution is 0.306. The van der Waals surface area contributed by atoms with Crippen LogP contribution >= 0.6 is 0 Å². The van der Waals surface area contributed by atoms with Gasteiger partial charge in [0.15, 0.2) is 0 Å². The molecule has 0 aliphatic carbocycles. The van der Waals surface area contributed by atoms with E-state index in [9.17, 15) is 0 Å². The van der Waals surface area contributed by atoms with Crippen molar-refractivity contribution < 1.29 is 4.74 Å². The van der Waals surface area contributed by atoms with E-state index >= 15 is 0 Å². The Morgan fingerprint density at radius 1 is 1.04 bits per heavy atom. The van der Waals surface area contributed by atoms with Gasteiger partial charge >= 0.3 is 0 Å². The zero-order valence-electron chi connectivity index (χ0n) is 13.9. The third-order valence-corrected chi connectivity index (χ3v) is 4.19. The van der Waals surface area contributed by atoms with E-state index in [1.807, 2.05) is 18.2 Å². The molecule has 3 heteroatoms. The van der Waals surface area contributed by atoms with Crippen LogP contribution in [0.1, 0.15) is 18.1 Å². The molecule has 1 saturated heterocycles. The second-order valence-electron chi connectivity index (χ2n) is 6.25. The highest BCUT2D eigenvalue weighted by Crippen LogP contribution is 2.33. The van der Waals surface area contributed by atoms with E-state index in [4.69, 9.17) is 9.73 Å². The maximum Gasteiger partial charge on any atom is 0.298 e. The summed E-state index contributed by atoms with van der Waals surface area (Å²) < 4.78 is 5.90. The first kappa shape index (κ1) is 15.3. The smallest absolute Gasteiger partial charge is 0.298 e. The Balaban J connectivity index is 2.03. The number of aryl methyl sites for hydroxylation is 2. The van der Waals surface area contributed by atoms with Crippen molar-refractivity contribution in [1.82, 2.24) is 0 Å². The van der Waals surface area contributed by atoms with Crippen LogP contribution in [-0.2, 0) is 4.74 Å². The number of anilines is 1. The van der Waals surface area contributed by atoms with Crippen LogP contribution in [0, 0.1) is 13.8 Å². The second-order valence-corrected chi connectivity index (χ2v) is 6.25. The molecule has 2 aromatic rings. The number of amidine groups is 1. The topological polar surface area (TPSA) is 24.8 Å². The third kappa shape index (κ3) is 3.00. The summed E-state index contributed by atoms with van der Waals surface area (Å²) in [6, 6.07) is 17.1. The van der Waals surface area contributed by atoms with Crippen molar-refractivity contribution in [2.24, 2.45) is 4.99 Å². The summed E-state index contributed by atoms with van der Waals surface area (Å²) in [5.74, 6) is 0. The van der Waals surface area contributed by atoms with Gasteiger partial charge in [-0.15, -0.1) is 6.58 Å². The highest BCUT2D eigenvalue weighted by Gasteiger charge is 2.41. The van der Waals surface area contributed by atoms with Gasteiger partial charge in [0.05, 0.1) is 11.2 Å². The molecule has 0 amide bonds. The number of rotatable bonds is 3. The minimum absolute atomic E-state index is 0.307. The van der Waals surface area contributed by atoms with E-state index in [1.165, 1.54) is 11.1 Å². The summed E-state index contributed by atoms with van der Waals surface area (Å²) >= 11 is 0. The summed E-state index contributed by atoms with van der Waals surface area (Å²) in [5.41, 5.74) is 4.08. The molecule has 3 rings (SSSR count). The Morgan fingerprint density at radius 2 is 1.61 bits per heavy atom. The average Bonchev–Trinajstić information content (AvgIpc) is 2.88. The maximum absolute atomic E-state index is 5.90. The minimum Gasteiger partial charge on any atom is -0.462 e. The van der Waals surface area contributed by atoms with Crippen LogP contribution in [0.3, 0.4) is 0 Å². The summed E-state index contributed by atoms with van der Waals surface area (Å²) in [6.07, 6.45) is 1.92. The fourth-order valence-corrected chi connectivity index (χ4v) is 2.62. The molecule has 118 valence electrons. The van der Waals surface area contributed by atoms with E-state index in [2.05, 4.69) is 68.6 Å². The van der Waals surface area contributed by atoms with Gasteiger partial charge in [0.1, 0.15) is 6.61 Å². The maximum atomic E-state index is 5.90. The fraction of sp³-hybridized carbons (Fsp3) is 0.250. The SMILES string of the molecule is C=CC1(C)COC(=Nc2ccc(C)cc2)N1c1ccc(C)cc1. The van der Waals surface area contributed by atoms with E-state index in [-0.39, 0.29) is 5.54 Å². The number of hydrogen-bond acceptors (Lipinski definition) is 2. The van der Waals surface area contributed by atoms with E-state index in [0.717, 1.165) is 11.4 Å². The molecule has 0 radical (unpaired) electrons. The monoisotopic (exact) mass is 306 g/mol. The van der Waals surface area contributed by atoms with Crippen molar-refractivity contribution in [3.63, 3.8) is 0 Å². The zero-order chi connectivity index (χ0) is 16.4. The Bertz CT molecular complexity index is 731. The molecule has 1 unspecified atom stereocenters. The summed E-state index contributed by atoms with van der Waals surface area (Å²) in [7, 11) is 0. The molecule has 1 fully saturated rings. The van der Waals surface area contributed by atoms with Gasteiger partial charge in [-0.2, -0.15) is 4.99 Å². The lowest BCUT2D eigenvalue weighted by Crippen LogP contribution is -2.43. The van der Waals surface area contributed by atoms with E-state index in [1.54, 1.807) is 0 Å². The quantitative estimate of drug-likeness (QED) is 0.763. The normalized spacial score (nSPS) is 22.2. The number of nitrogens with zero attached hydrogens (tertiary/aromatic N) is 2. The van der Waals surface area contributed by atoms with Gasteiger partial charge in [0.25, 0.3) is 6.02 Å². The predicted molar refractivity (Wildman–Crippen MR) is 96.5 cm³/mol. The predicted octanol–water partition coefficient (Wildman–Crippen LogP) is 4.77. The molecule has 1 aliphatic rings. The van der Waals surface area contributed by atoms with Gasteiger partial charge in [-0.1, -0.05) is 41.5 Å². The number of hydrogen-bond donors (Lipinski definition) is 0. The molecule has 0 spiro atoms.